The molecule has 1 fully saturated rings. The Morgan fingerprint density at radius 1 is 1.00 bits per heavy atom. The average molecular weight is 259 g/mol. The van der Waals surface area contributed by atoms with Crippen LogP contribution in [0.5, 0.6) is 0 Å². The van der Waals surface area contributed by atoms with Crippen molar-refractivity contribution >= 4 is 0 Å². The van der Waals surface area contributed by atoms with Crippen LogP contribution in [0.3, 0.4) is 0 Å². The normalized spacial score (nSPS) is 18.5. The van der Waals surface area contributed by atoms with Crippen molar-refractivity contribution in [3.05, 3.63) is 34.4 Å². The number of aryl methyl sites for hydroxylation is 3. The van der Waals surface area contributed by atoms with Crippen LogP contribution in [0.2, 0.25) is 0 Å². The van der Waals surface area contributed by atoms with Crippen LogP contribution in [0.4, 0.5) is 0 Å². The van der Waals surface area contributed by atoms with Gasteiger partial charge in [-0.3, -0.25) is 0 Å². The van der Waals surface area contributed by atoms with Crippen molar-refractivity contribution in [1.82, 2.24) is 5.32 Å². The Morgan fingerprint density at radius 3 is 2.26 bits per heavy atom. The van der Waals surface area contributed by atoms with E-state index in [1.807, 2.05) is 0 Å². The van der Waals surface area contributed by atoms with E-state index >= 15 is 0 Å². The molecule has 2 rings (SSSR count). The van der Waals surface area contributed by atoms with Crippen LogP contribution in [0.15, 0.2) is 12.1 Å². The molecule has 0 radical (unpaired) electrons. The molecule has 1 aliphatic carbocycles. The van der Waals surface area contributed by atoms with Crippen LogP contribution in [0.1, 0.15) is 67.3 Å². The predicted molar refractivity (Wildman–Crippen MR) is 83.6 cm³/mol. The zero-order valence-corrected chi connectivity index (χ0v) is 13.1. The first-order valence-electron chi connectivity index (χ1n) is 7.94. The maximum atomic E-state index is 3.76. The zero-order chi connectivity index (χ0) is 13.8. The molecule has 1 unspecified atom stereocenters. The minimum absolute atomic E-state index is 0.560. The molecule has 0 aromatic heterocycles. The lowest BCUT2D eigenvalue weighted by Crippen LogP contribution is -2.30. The van der Waals surface area contributed by atoms with Crippen LogP contribution in [0.25, 0.3) is 0 Å². The summed E-state index contributed by atoms with van der Waals surface area (Å²) in [5.41, 5.74) is 5.84. The lowest BCUT2D eigenvalue weighted by Gasteiger charge is -2.32. The van der Waals surface area contributed by atoms with E-state index in [0.29, 0.717) is 6.04 Å². The lowest BCUT2D eigenvalue weighted by atomic mass is 9.79. The summed E-state index contributed by atoms with van der Waals surface area (Å²) < 4.78 is 0. The molecule has 19 heavy (non-hydrogen) atoms. The van der Waals surface area contributed by atoms with Crippen molar-refractivity contribution < 1.29 is 0 Å². The summed E-state index contributed by atoms with van der Waals surface area (Å²) in [6.45, 7) is 10.0. The van der Waals surface area contributed by atoms with Gasteiger partial charge in [-0.05, 0) is 68.3 Å². The monoisotopic (exact) mass is 259 g/mol. The largest absolute Gasteiger partial charge is 0.310 e. The van der Waals surface area contributed by atoms with Gasteiger partial charge >= 0.3 is 0 Å². The van der Waals surface area contributed by atoms with Gasteiger partial charge in [0.25, 0.3) is 0 Å². The first-order valence-corrected chi connectivity index (χ1v) is 7.94. The van der Waals surface area contributed by atoms with Gasteiger partial charge in [0.1, 0.15) is 0 Å². The third kappa shape index (κ3) is 3.39. The van der Waals surface area contributed by atoms with Crippen molar-refractivity contribution in [2.24, 2.45) is 5.92 Å². The van der Waals surface area contributed by atoms with Gasteiger partial charge < -0.3 is 5.32 Å². The fourth-order valence-electron chi connectivity index (χ4n) is 3.54. The Morgan fingerprint density at radius 2 is 1.63 bits per heavy atom. The maximum absolute atomic E-state index is 3.76. The van der Waals surface area contributed by atoms with Crippen molar-refractivity contribution in [3.8, 4) is 0 Å². The second-order valence-electron chi connectivity index (χ2n) is 6.23. The van der Waals surface area contributed by atoms with Crippen LogP contribution >= 0.6 is 0 Å². The smallest absolute Gasteiger partial charge is 0.0351 e. The van der Waals surface area contributed by atoms with Gasteiger partial charge in [-0.1, -0.05) is 38.3 Å². The molecule has 1 heteroatoms. The summed E-state index contributed by atoms with van der Waals surface area (Å²) in [6.07, 6.45) is 7.04. The SMILES string of the molecule is CCNC(c1cc(C)c(C)cc1C)C1CCCCC1. The van der Waals surface area contributed by atoms with E-state index < -0.39 is 0 Å². The second-order valence-corrected chi connectivity index (χ2v) is 6.23. The van der Waals surface area contributed by atoms with E-state index in [-0.39, 0.29) is 0 Å². The first-order chi connectivity index (χ1) is 9.13. The highest BCUT2D eigenvalue weighted by atomic mass is 14.9. The predicted octanol–water partition coefficient (Wildman–Crippen LogP) is 4.84. The van der Waals surface area contributed by atoms with E-state index in [9.17, 15) is 0 Å². The summed E-state index contributed by atoms with van der Waals surface area (Å²) in [6, 6.07) is 5.34. The van der Waals surface area contributed by atoms with Crippen LogP contribution in [-0.2, 0) is 0 Å². The molecule has 0 saturated heterocycles. The average Bonchev–Trinajstić information content (AvgIpc) is 2.42. The molecule has 0 amide bonds. The molecule has 1 N–H and O–H groups in total. The van der Waals surface area contributed by atoms with E-state index in [0.717, 1.165) is 12.5 Å². The summed E-state index contributed by atoms with van der Waals surface area (Å²) in [5.74, 6) is 0.828. The van der Waals surface area contributed by atoms with Crippen LogP contribution in [-0.4, -0.2) is 6.54 Å². The second kappa shape index (κ2) is 6.56. The minimum atomic E-state index is 0.560. The highest BCUT2D eigenvalue weighted by Crippen LogP contribution is 2.36. The maximum Gasteiger partial charge on any atom is 0.0351 e. The van der Waals surface area contributed by atoms with Crippen LogP contribution in [0, 0.1) is 26.7 Å². The molecule has 106 valence electrons. The molecule has 0 aliphatic heterocycles. The fraction of sp³-hybridized carbons (Fsp3) is 0.667. The fourth-order valence-corrected chi connectivity index (χ4v) is 3.54. The van der Waals surface area contributed by atoms with Gasteiger partial charge in [0.15, 0.2) is 0 Å². The van der Waals surface area contributed by atoms with E-state index in [1.165, 1.54) is 54.4 Å². The number of hydrogen-bond acceptors (Lipinski definition) is 1. The topological polar surface area (TPSA) is 12.0 Å². The summed E-state index contributed by atoms with van der Waals surface area (Å²) in [5, 5.41) is 3.76. The molecule has 1 aromatic rings. The molecular weight excluding hydrogens is 230 g/mol. The van der Waals surface area contributed by atoms with Gasteiger partial charge in [-0.2, -0.15) is 0 Å². The van der Waals surface area contributed by atoms with Crippen LogP contribution < -0.4 is 5.32 Å². The molecular formula is C18H29N. The standard InChI is InChI=1S/C18H29N/c1-5-19-18(16-9-7-6-8-10-16)17-12-14(3)13(2)11-15(17)4/h11-12,16,18-19H,5-10H2,1-4H3. The molecule has 0 heterocycles. The summed E-state index contributed by atoms with van der Waals surface area (Å²) >= 11 is 0. The van der Waals surface area contributed by atoms with E-state index in [2.05, 4.69) is 45.1 Å². The first kappa shape index (κ1) is 14.6. The number of benzene rings is 1. The quantitative estimate of drug-likeness (QED) is 0.815. The van der Waals surface area contributed by atoms with Crippen molar-refractivity contribution in [3.63, 3.8) is 0 Å². The van der Waals surface area contributed by atoms with Crippen molar-refractivity contribution in [2.45, 2.75) is 65.8 Å². The highest BCUT2D eigenvalue weighted by molar-refractivity contribution is 5.38. The minimum Gasteiger partial charge on any atom is -0.310 e. The molecule has 1 aliphatic rings. The van der Waals surface area contributed by atoms with Gasteiger partial charge in [0, 0.05) is 6.04 Å². The van der Waals surface area contributed by atoms with Gasteiger partial charge in [0.2, 0.25) is 0 Å². The molecule has 1 atom stereocenters. The number of nitrogens with one attached hydrogen (secondary N) is 1. The third-order valence-electron chi connectivity index (χ3n) is 4.76. The zero-order valence-electron chi connectivity index (χ0n) is 13.1. The van der Waals surface area contributed by atoms with Crippen molar-refractivity contribution in [2.75, 3.05) is 6.54 Å². The summed E-state index contributed by atoms with van der Waals surface area (Å²) in [4.78, 5) is 0. The van der Waals surface area contributed by atoms with E-state index in [4.69, 9.17) is 0 Å². The van der Waals surface area contributed by atoms with E-state index in [1.54, 1.807) is 0 Å². The Hall–Kier alpha value is -0.820. The van der Waals surface area contributed by atoms with Gasteiger partial charge in [0.05, 0.1) is 0 Å². The Labute approximate surface area is 118 Å². The number of hydrogen-bond donors (Lipinski definition) is 1. The van der Waals surface area contributed by atoms with Gasteiger partial charge in [-0.25, -0.2) is 0 Å². The molecule has 1 aromatic carbocycles. The Bertz CT molecular complexity index is 416. The lowest BCUT2D eigenvalue weighted by molar-refractivity contribution is 0.274. The van der Waals surface area contributed by atoms with Crippen molar-refractivity contribution in [1.29, 1.82) is 0 Å². The molecule has 1 saturated carbocycles. The molecule has 0 bridgehead atoms. The third-order valence-corrected chi connectivity index (χ3v) is 4.76. The Kier molecular flexibility index (Phi) is 5.04. The molecule has 1 nitrogen and oxygen atoms in total. The van der Waals surface area contributed by atoms with Gasteiger partial charge in [-0.15, -0.1) is 0 Å². The Balaban J connectivity index is 2.29. The number of rotatable bonds is 4. The summed E-state index contributed by atoms with van der Waals surface area (Å²) in [7, 11) is 0. The highest BCUT2D eigenvalue weighted by Gasteiger charge is 2.25. The molecule has 0 spiro atoms.